The maximum absolute atomic E-state index is 5.45. The SMILES string of the molecule is COC1CCCCN(C(C)(C)C)C1. The zero-order valence-corrected chi connectivity index (χ0v) is 9.47. The summed E-state index contributed by atoms with van der Waals surface area (Å²) in [6.07, 6.45) is 4.30. The van der Waals surface area contributed by atoms with Crippen LogP contribution in [0.25, 0.3) is 0 Å². The number of hydrogen-bond donors (Lipinski definition) is 0. The van der Waals surface area contributed by atoms with Gasteiger partial charge >= 0.3 is 0 Å². The van der Waals surface area contributed by atoms with Crippen LogP contribution < -0.4 is 0 Å². The fourth-order valence-electron chi connectivity index (χ4n) is 1.90. The van der Waals surface area contributed by atoms with Crippen LogP contribution in [0, 0.1) is 0 Å². The van der Waals surface area contributed by atoms with Gasteiger partial charge in [0.15, 0.2) is 0 Å². The van der Waals surface area contributed by atoms with E-state index >= 15 is 0 Å². The molecular weight excluding hydrogens is 162 g/mol. The van der Waals surface area contributed by atoms with Crippen molar-refractivity contribution in [2.75, 3.05) is 20.2 Å². The molecular formula is C11H23NO. The third kappa shape index (κ3) is 3.28. The van der Waals surface area contributed by atoms with E-state index in [4.69, 9.17) is 4.74 Å². The fraction of sp³-hybridized carbons (Fsp3) is 1.00. The standard InChI is InChI=1S/C11H23NO/c1-11(2,3)12-8-6-5-7-10(9-12)13-4/h10H,5-9H2,1-4H3. The van der Waals surface area contributed by atoms with Gasteiger partial charge in [-0.05, 0) is 46.6 Å². The van der Waals surface area contributed by atoms with Gasteiger partial charge in [0.1, 0.15) is 0 Å². The van der Waals surface area contributed by atoms with Crippen LogP contribution in [-0.4, -0.2) is 36.7 Å². The summed E-state index contributed by atoms with van der Waals surface area (Å²) in [7, 11) is 1.83. The van der Waals surface area contributed by atoms with Crippen molar-refractivity contribution < 1.29 is 4.74 Å². The Morgan fingerprint density at radius 3 is 2.46 bits per heavy atom. The molecule has 1 aliphatic rings. The van der Waals surface area contributed by atoms with Crippen molar-refractivity contribution in [2.45, 2.75) is 51.7 Å². The second-order valence-corrected chi connectivity index (χ2v) is 4.97. The summed E-state index contributed by atoms with van der Waals surface area (Å²) < 4.78 is 5.45. The Balaban J connectivity index is 2.54. The van der Waals surface area contributed by atoms with E-state index < -0.39 is 0 Å². The van der Waals surface area contributed by atoms with E-state index in [9.17, 15) is 0 Å². The van der Waals surface area contributed by atoms with Crippen LogP contribution in [0.5, 0.6) is 0 Å². The molecule has 1 fully saturated rings. The van der Waals surface area contributed by atoms with Crippen molar-refractivity contribution in [3.05, 3.63) is 0 Å². The molecule has 0 radical (unpaired) electrons. The van der Waals surface area contributed by atoms with Crippen molar-refractivity contribution in [3.8, 4) is 0 Å². The van der Waals surface area contributed by atoms with E-state index in [1.165, 1.54) is 25.8 Å². The number of ether oxygens (including phenoxy) is 1. The van der Waals surface area contributed by atoms with Crippen LogP contribution in [0.4, 0.5) is 0 Å². The third-order valence-electron chi connectivity index (χ3n) is 2.91. The van der Waals surface area contributed by atoms with E-state index in [1.807, 2.05) is 7.11 Å². The molecule has 1 rings (SSSR count). The Hall–Kier alpha value is -0.0800. The van der Waals surface area contributed by atoms with Gasteiger partial charge in [-0.3, -0.25) is 4.90 Å². The van der Waals surface area contributed by atoms with Crippen molar-refractivity contribution in [3.63, 3.8) is 0 Å². The molecule has 0 aromatic carbocycles. The first-order valence-corrected chi connectivity index (χ1v) is 5.32. The van der Waals surface area contributed by atoms with Crippen LogP contribution in [0.3, 0.4) is 0 Å². The molecule has 2 nitrogen and oxygen atoms in total. The van der Waals surface area contributed by atoms with E-state index in [2.05, 4.69) is 25.7 Å². The highest BCUT2D eigenvalue weighted by Gasteiger charge is 2.25. The Labute approximate surface area is 82.3 Å². The summed E-state index contributed by atoms with van der Waals surface area (Å²) in [6, 6.07) is 0. The highest BCUT2D eigenvalue weighted by molar-refractivity contribution is 4.81. The lowest BCUT2D eigenvalue weighted by atomic mass is 10.1. The van der Waals surface area contributed by atoms with Gasteiger partial charge in [0.25, 0.3) is 0 Å². The summed E-state index contributed by atoms with van der Waals surface area (Å²) in [4.78, 5) is 2.54. The first-order valence-electron chi connectivity index (χ1n) is 5.32. The summed E-state index contributed by atoms with van der Waals surface area (Å²) in [6.45, 7) is 9.17. The summed E-state index contributed by atoms with van der Waals surface area (Å²) >= 11 is 0. The maximum atomic E-state index is 5.45. The van der Waals surface area contributed by atoms with Crippen LogP contribution in [0.2, 0.25) is 0 Å². The first-order chi connectivity index (χ1) is 6.04. The van der Waals surface area contributed by atoms with Gasteiger partial charge in [-0.15, -0.1) is 0 Å². The Morgan fingerprint density at radius 1 is 1.23 bits per heavy atom. The lowest BCUT2D eigenvalue weighted by molar-refractivity contribution is 0.0384. The molecule has 0 amide bonds. The minimum atomic E-state index is 0.293. The lowest BCUT2D eigenvalue weighted by Crippen LogP contribution is -2.45. The van der Waals surface area contributed by atoms with E-state index in [0.717, 1.165) is 6.54 Å². The molecule has 0 aromatic rings. The molecule has 1 heterocycles. The van der Waals surface area contributed by atoms with Crippen molar-refractivity contribution in [1.29, 1.82) is 0 Å². The molecule has 0 saturated carbocycles. The normalized spacial score (nSPS) is 27.2. The molecule has 1 atom stereocenters. The Kier molecular flexibility index (Phi) is 3.74. The number of rotatable bonds is 1. The zero-order valence-electron chi connectivity index (χ0n) is 9.47. The molecule has 0 spiro atoms. The zero-order chi connectivity index (χ0) is 9.90. The van der Waals surface area contributed by atoms with Gasteiger partial charge < -0.3 is 4.74 Å². The largest absolute Gasteiger partial charge is 0.380 e. The number of hydrogen-bond acceptors (Lipinski definition) is 2. The second-order valence-electron chi connectivity index (χ2n) is 4.97. The third-order valence-corrected chi connectivity index (χ3v) is 2.91. The van der Waals surface area contributed by atoms with E-state index in [1.54, 1.807) is 0 Å². The summed E-state index contributed by atoms with van der Waals surface area (Å²) in [5.41, 5.74) is 0.293. The average molecular weight is 185 g/mol. The number of methoxy groups -OCH3 is 1. The minimum absolute atomic E-state index is 0.293. The molecule has 1 unspecified atom stereocenters. The van der Waals surface area contributed by atoms with Gasteiger partial charge in [-0.2, -0.15) is 0 Å². The van der Waals surface area contributed by atoms with Crippen LogP contribution in [0.1, 0.15) is 40.0 Å². The van der Waals surface area contributed by atoms with Gasteiger partial charge in [0.2, 0.25) is 0 Å². The average Bonchev–Trinajstić information content (AvgIpc) is 2.27. The van der Waals surface area contributed by atoms with Crippen LogP contribution in [0.15, 0.2) is 0 Å². The van der Waals surface area contributed by atoms with Crippen molar-refractivity contribution >= 4 is 0 Å². The monoisotopic (exact) mass is 185 g/mol. The quantitative estimate of drug-likeness (QED) is 0.621. The first kappa shape index (κ1) is 11.0. The molecule has 0 aromatic heterocycles. The Bertz CT molecular complexity index is 151. The lowest BCUT2D eigenvalue weighted by Gasteiger charge is -2.36. The van der Waals surface area contributed by atoms with Gasteiger partial charge in [0, 0.05) is 19.2 Å². The predicted molar refractivity (Wildman–Crippen MR) is 56.0 cm³/mol. The van der Waals surface area contributed by atoms with Gasteiger partial charge in [-0.1, -0.05) is 0 Å². The molecule has 13 heavy (non-hydrogen) atoms. The topological polar surface area (TPSA) is 12.5 Å². The fourth-order valence-corrected chi connectivity index (χ4v) is 1.90. The predicted octanol–water partition coefficient (Wildman–Crippen LogP) is 2.29. The number of nitrogens with zero attached hydrogens (tertiary/aromatic N) is 1. The molecule has 0 bridgehead atoms. The Morgan fingerprint density at radius 2 is 1.92 bits per heavy atom. The second kappa shape index (κ2) is 4.43. The highest BCUT2D eigenvalue weighted by atomic mass is 16.5. The smallest absolute Gasteiger partial charge is 0.0698 e. The molecule has 0 N–H and O–H groups in total. The number of likely N-dealkylation sites (tertiary alicyclic amines) is 1. The van der Waals surface area contributed by atoms with Crippen LogP contribution in [-0.2, 0) is 4.74 Å². The van der Waals surface area contributed by atoms with E-state index in [-0.39, 0.29) is 0 Å². The summed E-state index contributed by atoms with van der Waals surface area (Å²) in [5.74, 6) is 0. The molecule has 1 saturated heterocycles. The van der Waals surface area contributed by atoms with E-state index in [0.29, 0.717) is 11.6 Å². The molecule has 1 aliphatic heterocycles. The molecule has 0 aliphatic carbocycles. The molecule has 78 valence electrons. The van der Waals surface area contributed by atoms with Gasteiger partial charge in [0.05, 0.1) is 6.10 Å². The maximum Gasteiger partial charge on any atom is 0.0698 e. The summed E-state index contributed by atoms with van der Waals surface area (Å²) in [5, 5.41) is 0. The van der Waals surface area contributed by atoms with Crippen molar-refractivity contribution in [2.24, 2.45) is 0 Å². The highest BCUT2D eigenvalue weighted by Crippen LogP contribution is 2.20. The van der Waals surface area contributed by atoms with Crippen LogP contribution >= 0.6 is 0 Å². The van der Waals surface area contributed by atoms with Crippen molar-refractivity contribution in [1.82, 2.24) is 4.90 Å². The minimum Gasteiger partial charge on any atom is -0.380 e. The molecule has 2 heteroatoms. The van der Waals surface area contributed by atoms with Gasteiger partial charge in [-0.25, -0.2) is 0 Å².